The fourth-order valence-corrected chi connectivity index (χ4v) is 1.91. The van der Waals surface area contributed by atoms with E-state index in [2.05, 4.69) is 62.5 Å². The summed E-state index contributed by atoms with van der Waals surface area (Å²) in [5, 5.41) is 7.74. The molecule has 0 aliphatic rings. The summed E-state index contributed by atoms with van der Waals surface area (Å²) in [6, 6.07) is 6.83. The standard InChI is InChI=1S/C15H21N3/c1-11(2)18-10-15(9-17-18)16-8-14-7-5-6-12(3)13(14)4/h5-7,9-11,16H,8H2,1-4H3. The van der Waals surface area contributed by atoms with Crippen LogP contribution in [0.4, 0.5) is 5.69 Å². The van der Waals surface area contributed by atoms with Gasteiger partial charge in [-0.1, -0.05) is 18.2 Å². The SMILES string of the molecule is Cc1cccc(CNc2cnn(C(C)C)c2)c1C. The average Bonchev–Trinajstić information content (AvgIpc) is 2.80. The highest BCUT2D eigenvalue weighted by atomic mass is 15.3. The van der Waals surface area contributed by atoms with Crippen molar-refractivity contribution in [2.75, 3.05) is 5.32 Å². The van der Waals surface area contributed by atoms with E-state index in [9.17, 15) is 0 Å². The number of rotatable bonds is 4. The van der Waals surface area contributed by atoms with Crippen LogP contribution in [0.15, 0.2) is 30.6 Å². The monoisotopic (exact) mass is 243 g/mol. The lowest BCUT2D eigenvalue weighted by molar-refractivity contribution is 0.532. The second-order valence-electron chi connectivity index (χ2n) is 5.02. The molecule has 0 atom stereocenters. The third kappa shape index (κ3) is 2.73. The van der Waals surface area contributed by atoms with E-state index >= 15 is 0 Å². The molecule has 96 valence electrons. The Balaban J connectivity index is 2.04. The van der Waals surface area contributed by atoms with Gasteiger partial charge in [0.05, 0.1) is 11.9 Å². The van der Waals surface area contributed by atoms with Crippen LogP contribution in [-0.2, 0) is 6.54 Å². The Morgan fingerprint density at radius 2 is 2.06 bits per heavy atom. The van der Waals surface area contributed by atoms with Crippen molar-refractivity contribution in [2.24, 2.45) is 0 Å². The predicted molar refractivity (Wildman–Crippen MR) is 75.9 cm³/mol. The second-order valence-corrected chi connectivity index (χ2v) is 5.02. The van der Waals surface area contributed by atoms with Gasteiger partial charge in [0.25, 0.3) is 0 Å². The van der Waals surface area contributed by atoms with Crippen molar-refractivity contribution in [3.05, 3.63) is 47.3 Å². The Labute approximate surface area is 109 Å². The van der Waals surface area contributed by atoms with E-state index in [-0.39, 0.29) is 0 Å². The summed E-state index contributed by atoms with van der Waals surface area (Å²) in [5.41, 5.74) is 5.12. The fraction of sp³-hybridized carbons (Fsp3) is 0.400. The quantitative estimate of drug-likeness (QED) is 0.887. The summed E-state index contributed by atoms with van der Waals surface area (Å²) in [6.45, 7) is 9.42. The molecule has 0 saturated carbocycles. The molecule has 0 amide bonds. The largest absolute Gasteiger partial charge is 0.378 e. The number of aryl methyl sites for hydroxylation is 1. The first-order valence-corrected chi connectivity index (χ1v) is 6.41. The molecule has 0 fully saturated rings. The van der Waals surface area contributed by atoms with Crippen molar-refractivity contribution in [1.29, 1.82) is 0 Å². The van der Waals surface area contributed by atoms with Gasteiger partial charge in [0.15, 0.2) is 0 Å². The molecule has 1 aromatic carbocycles. The number of aromatic nitrogens is 2. The zero-order valence-corrected chi connectivity index (χ0v) is 11.6. The molecule has 0 aliphatic carbocycles. The van der Waals surface area contributed by atoms with Crippen LogP contribution >= 0.6 is 0 Å². The number of hydrogen-bond donors (Lipinski definition) is 1. The Kier molecular flexibility index (Phi) is 3.70. The topological polar surface area (TPSA) is 29.9 Å². The molecule has 0 saturated heterocycles. The van der Waals surface area contributed by atoms with Crippen LogP contribution in [0.25, 0.3) is 0 Å². The minimum absolute atomic E-state index is 0.404. The van der Waals surface area contributed by atoms with E-state index in [1.165, 1.54) is 16.7 Å². The van der Waals surface area contributed by atoms with Gasteiger partial charge in [-0.2, -0.15) is 5.10 Å². The summed E-state index contributed by atoms with van der Waals surface area (Å²) in [4.78, 5) is 0. The predicted octanol–water partition coefficient (Wildman–Crippen LogP) is 3.69. The molecule has 3 nitrogen and oxygen atoms in total. The van der Waals surface area contributed by atoms with Crippen molar-refractivity contribution in [3.63, 3.8) is 0 Å². The fourth-order valence-electron chi connectivity index (χ4n) is 1.91. The molecule has 3 heteroatoms. The molecule has 1 aromatic heterocycles. The van der Waals surface area contributed by atoms with Gasteiger partial charge >= 0.3 is 0 Å². The van der Waals surface area contributed by atoms with E-state index in [4.69, 9.17) is 0 Å². The molecule has 2 rings (SSSR count). The van der Waals surface area contributed by atoms with Crippen LogP contribution in [0.3, 0.4) is 0 Å². The molecular formula is C15H21N3. The first-order valence-electron chi connectivity index (χ1n) is 6.41. The highest BCUT2D eigenvalue weighted by Gasteiger charge is 2.03. The zero-order valence-electron chi connectivity index (χ0n) is 11.6. The summed E-state index contributed by atoms with van der Waals surface area (Å²) >= 11 is 0. The van der Waals surface area contributed by atoms with Gasteiger partial charge in [0.2, 0.25) is 0 Å². The highest BCUT2D eigenvalue weighted by molar-refractivity contribution is 5.41. The smallest absolute Gasteiger partial charge is 0.0729 e. The van der Waals surface area contributed by atoms with Crippen LogP contribution in [-0.4, -0.2) is 9.78 Å². The van der Waals surface area contributed by atoms with Gasteiger partial charge in [-0.3, -0.25) is 4.68 Å². The molecule has 0 aliphatic heterocycles. The Morgan fingerprint density at radius 3 is 2.72 bits per heavy atom. The van der Waals surface area contributed by atoms with Gasteiger partial charge in [-0.15, -0.1) is 0 Å². The summed E-state index contributed by atoms with van der Waals surface area (Å²) < 4.78 is 1.96. The van der Waals surface area contributed by atoms with Crippen LogP contribution < -0.4 is 5.32 Å². The van der Waals surface area contributed by atoms with E-state index in [0.717, 1.165) is 12.2 Å². The molecule has 0 spiro atoms. The number of nitrogens with zero attached hydrogens (tertiary/aromatic N) is 2. The van der Waals surface area contributed by atoms with E-state index < -0.39 is 0 Å². The maximum Gasteiger partial charge on any atom is 0.0729 e. The summed E-state index contributed by atoms with van der Waals surface area (Å²) in [7, 11) is 0. The van der Waals surface area contributed by atoms with Crippen LogP contribution in [0.2, 0.25) is 0 Å². The van der Waals surface area contributed by atoms with Gasteiger partial charge in [-0.25, -0.2) is 0 Å². The minimum Gasteiger partial charge on any atom is -0.378 e. The first-order chi connectivity index (χ1) is 8.58. The van der Waals surface area contributed by atoms with Crippen molar-refractivity contribution < 1.29 is 0 Å². The zero-order chi connectivity index (χ0) is 13.1. The van der Waals surface area contributed by atoms with Gasteiger partial charge in [-0.05, 0) is 44.4 Å². The molecule has 2 aromatic rings. The van der Waals surface area contributed by atoms with Crippen molar-refractivity contribution in [3.8, 4) is 0 Å². The van der Waals surface area contributed by atoms with Gasteiger partial charge in [0, 0.05) is 18.8 Å². The summed E-state index contributed by atoms with van der Waals surface area (Å²) in [5.74, 6) is 0. The Morgan fingerprint density at radius 1 is 1.28 bits per heavy atom. The number of benzene rings is 1. The molecule has 1 heterocycles. The maximum atomic E-state index is 4.32. The van der Waals surface area contributed by atoms with Crippen molar-refractivity contribution in [2.45, 2.75) is 40.3 Å². The molecular weight excluding hydrogens is 222 g/mol. The second kappa shape index (κ2) is 5.25. The lowest BCUT2D eigenvalue weighted by Crippen LogP contribution is -2.02. The number of hydrogen-bond acceptors (Lipinski definition) is 2. The van der Waals surface area contributed by atoms with Crippen LogP contribution in [0.1, 0.15) is 36.6 Å². The molecule has 18 heavy (non-hydrogen) atoms. The summed E-state index contributed by atoms with van der Waals surface area (Å²) in [6.07, 6.45) is 3.93. The molecule has 1 N–H and O–H groups in total. The van der Waals surface area contributed by atoms with Crippen LogP contribution in [0, 0.1) is 13.8 Å². The molecule has 0 unspecified atom stereocenters. The van der Waals surface area contributed by atoms with Crippen molar-refractivity contribution >= 4 is 5.69 Å². The highest BCUT2D eigenvalue weighted by Crippen LogP contribution is 2.15. The molecule has 0 radical (unpaired) electrons. The molecule has 0 bridgehead atoms. The van der Waals surface area contributed by atoms with E-state index in [1.54, 1.807) is 0 Å². The maximum absolute atomic E-state index is 4.32. The van der Waals surface area contributed by atoms with Gasteiger partial charge in [0.1, 0.15) is 0 Å². The number of anilines is 1. The first kappa shape index (κ1) is 12.7. The van der Waals surface area contributed by atoms with Crippen LogP contribution in [0.5, 0.6) is 0 Å². The third-order valence-corrected chi connectivity index (χ3v) is 3.33. The van der Waals surface area contributed by atoms with E-state index in [1.807, 2.05) is 10.9 Å². The lowest BCUT2D eigenvalue weighted by Gasteiger charge is -2.09. The Bertz CT molecular complexity index is 526. The lowest BCUT2D eigenvalue weighted by atomic mass is 10.0. The minimum atomic E-state index is 0.404. The van der Waals surface area contributed by atoms with Crippen molar-refractivity contribution in [1.82, 2.24) is 9.78 Å². The van der Waals surface area contributed by atoms with Gasteiger partial charge < -0.3 is 5.32 Å². The Hall–Kier alpha value is -1.77. The third-order valence-electron chi connectivity index (χ3n) is 3.33. The average molecular weight is 243 g/mol. The van der Waals surface area contributed by atoms with E-state index in [0.29, 0.717) is 6.04 Å². The number of nitrogens with one attached hydrogen (secondary N) is 1. The normalized spacial score (nSPS) is 10.9.